The monoisotopic (exact) mass is 275 g/mol. The van der Waals surface area contributed by atoms with Crippen molar-refractivity contribution in [2.24, 2.45) is 0 Å². The number of nitrogens with zero attached hydrogens (tertiary/aromatic N) is 2. The highest BCUT2D eigenvalue weighted by Crippen LogP contribution is 2.36. The summed E-state index contributed by atoms with van der Waals surface area (Å²) in [6.45, 7) is 6.14. The number of halogens is 1. The summed E-state index contributed by atoms with van der Waals surface area (Å²) in [7, 11) is 0. The molecule has 1 aromatic carbocycles. The SMILES string of the molecule is CCCC1(c2nc3c(F)cccc3n2CC)CCCN1. The Kier molecular flexibility index (Phi) is 3.50. The van der Waals surface area contributed by atoms with Gasteiger partial charge in [-0.25, -0.2) is 9.37 Å². The molecule has 0 saturated carbocycles. The van der Waals surface area contributed by atoms with E-state index in [-0.39, 0.29) is 11.4 Å². The molecule has 1 aliphatic heterocycles. The molecule has 1 unspecified atom stereocenters. The molecule has 2 aromatic rings. The van der Waals surface area contributed by atoms with Crippen molar-refractivity contribution in [2.45, 2.75) is 51.6 Å². The third-order valence-electron chi connectivity index (χ3n) is 4.39. The van der Waals surface area contributed by atoms with E-state index < -0.39 is 0 Å². The van der Waals surface area contributed by atoms with E-state index in [9.17, 15) is 4.39 Å². The fraction of sp³-hybridized carbons (Fsp3) is 0.562. The summed E-state index contributed by atoms with van der Waals surface area (Å²) in [5, 5.41) is 3.64. The second kappa shape index (κ2) is 5.17. The lowest BCUT2D eigenvalue weighted by Crippen LogP contribution is -2.39. The Balaban J connectivity index is 2.21. The van der Waals surface area contributed by atoms with Crippen LogP contribution in [-0.4, -0.2) is 16.1 Å². The van der Waals surface area contributed by atoms with E-state index in [1.54, 1.807) is 6.07 Å². The number of benzene rings is 1. The van der Waals surface area contributed by atoms with Gasteiger partial charge in [0.25, 0.3) is 0 Å². The molecule has 2 heterocycles. The van der Waals surface area contributed by atoms with Crippen LogP contribution in [-0.2, 0) is 12.1 Å². The molecule has 0 bridgehead atoms. The van der Waals surface area contributed by atoms with Crippen molar-refractivity contribution < 1.29 is 4.39 Å². The van der Waals surface area contributed by atoms with Gasteiger partial charge in [-0.3, -0.25) is 0 Å². The molecule has 0 aliphatic carbocycles. The topological polar surface area (TPSA) is 29.9 Å². The van der Waals surface area contributed by atoms with Gasteiger partial charge in [0.05, 0.1) is 11.1 Å². The van der Waals surface area contributed by atoms with Crippen LogP contribution >= 0.6 is 0 Å². The molecule has 1 aliphatic rings. The maximum atomic E-state index is 14.0. The van der Waals surface area contributed by atoms with Crippen LogP contribution < -0.4 is 5.32 Å². The molecule has 1 aromatic heterocycles. The third kappa shape index (κ3) is 1.94. The van der Waals surface area contributed by atoms with Crippen molar-refractivity contribution in [3.63, 3.8) is 0 Å². The number of hydrogen-bond donors (Lipinski definition) is 1. The quantitative estimate of drug-likeness (QED) is 0.924. The normalized spacial score (nSPS) is 22.8. The zero-order chi connectivity index (χ0) is 14.2. The smallest absolute Gasteiger partial charge is 0.151 e. The van der Waals surface area contributed by atoms with Crippen molar-refractivity contribution in [1.82, 2.24) is 14.9 Å². The molecule has 4 heteroatoms. The minimum absolute atomic E-state index is 0.0732. The van der Waals surface area contributed by atoms with Crippen molar-refractivity contribution in [3.8, 4) is 0 Å². The lowest BCUT2D eigenvalue weighted by atomic mass is 9.91. The van der Waals surface area contributed by atoms with E-state index in [4.69, 9.17) is 0 Å². The van der Waals surface area contributed by atoms with Crippen molar-refractivity contribution in [2.75, 3.05) is 6.54 Å². The number of aryl methyl sites for hydroxylation is 1. The average molecular weight is 275 g/mol. The van der Waals surface area contributed by atoms with Crippen molar-refractivity contribution >= 4 is 11.0 Å². The number of para-hydroxylation sites is 1. The number of rotatable bonds is 4. The lowest BCUT2D eigenvalue weighted by molar-refractivity contribution is 0.323. The number of imidazole rings is 1. The highest BCUT2D eigenvalue weighted by Gasteiger charge is 2.38. The highest BCUT2D eigenvalue weighted by atomic mass is 19.1. The van der Waals surface area contributed by atoms with E-state index in [0.29, 0.717) is 5.52 Å². The maximum absolute atomic E-state index is 14.0. The molecule has 0 radical (unpaired) electrons. The first-order chi connectivity index (χ1) is 9.72. The van der Waals surface area contributed by atoms with E-state index >= 15 is 0 Å². The van der Waals surface area contributed by atoms with Gasteiger partial charge in [-0.2, -0.15) is 0 Å². The number of hydrogen-bond acceptors (Lipinski definition) is 2. The summed E-state index contributed by atoms with van der Waals surface area (Å²) >= 11 is 0. The minimum atomic E-state index is -0.222. The summed E-state index contributed by atoms with van der Waals surface area (Å²) in [6.07, 6.45) is 4.40. The van der Waals surface area contributed by atoms with Gasteiger partial charge < -0.3 is 9.88 Å². The van der Waals surface area contributed by atoms with Crippen LogP contribution in [0.15, 0.2) is 18.2 Å². The van der Waals surface area contributed by atoms with Crippen LogP contribution in [0.1, 0.15) is 45.4 Å². The molecule has 3 nitrogen and oxygen atoms in total. The molecule has 20 heavy (non-hydrogen) atoms. The molecule has 1 N–H and O–H groups in total. The Morgan fingerprint density at radius 3 is 2.90 bits per heavy atom. The van der Waals surface area contributed by atoms with Crippen molar-refractivity contribution in [1.29, 1.82) is 0 Å². The summed E-state index contributed by atoms with van der Waals surface area (Å²) in [6, 6.07) is 5.23. The fourth-order valence-corrected chi connectivity index (χ4v) is 3.55. The van der Waals surface area contributed by atoms with Gasteiger partial charge in [0.15, 0.2) is 5.82 Å². The molecule has 1 saturated heterocycles. The number of fused-ring (bicyclic) bond motifs is 1. The minimum Gasteiger partial charge on any atom is -0.327 e. The molecule has 0 amide bonds. The Bertz CT molecular complexity index is 611. The Morgan fingerprint density at radius 1 is 1.40 bits per heavy atom. The fourth-order valence-electron chi connectivity index (χ4n) is 3.55. The van der Waals surface area contributed by atoms with Crippen LogP contribution in [0.25, 0.3) is 11.0 Å². The Hall–Kier alpha value is -1.42. The van der Waals surface area contributed by atoms with Crippen molar-refractivity contribution in [3.05, 3.63) is 29.8 Å². The Labute approximate surface area is 119 Å². The molecule has 3 rings (SSSR count). The van der Waals surface area contributed by atoms with Gasteiger partial charge in [0, 0.05) is 6.54 Å². The summed E-state index contributed by atoms with van der Waals surface area (Å²) in [5.41, 5.74) is 1.34. The van der Waals surface area contributed by atoms with Crippen LogP contribution in [0.3, 0.4) is 0 Å². The second-order valence-corrected chi connectivity index (χ2v) is 5.65. The van der Waals surface area contributed by atoms with Gasteiger partial charge >= 0.3 is 0 Å². The first kappa shape index (κ1) is 13.6. The van der Waals surface area contributed by atoms with Crippen LogP contribution in [0, 0.1) is 5.82 Å². The predicted molar refractivity (Wildman–Crippen MR) is 79.2 cm³/mol. The predicted octanol–water partition coefficient (Wildman–Crippen LogP) is 3.57. The molecular formula is C16H22FN3. The summed E-state index contributed by atoms with van der Waals surface area (Å²) in [5.74, 6) is 0.792. The average Bonchev–Trinajstić information content (AvgIpc) is 3.04. The van der Waals surface area contributed by atoms with Crippen LogP contribution in [0.4, 0.5) is 4.39 Å². The maximum Gasteiger partial charge on any atom is 0.151 e. The van der Waals surface area contributed by atoms with E-state index in [0.717, 1.165) is 50.1 Å². The molecule has 1 atom stereocenters. The summed E-state index contributed by atoms with van der Waals surface area (Å²) < 4.78 is 16.2. The number of aromatic nitrogens is 2. The largest absolute Gasteiger partial charge is 0.327 e. The van der Waals surface area contributed by atoms with Crippen LogP contribution in [0.5, 0.6) is 0 Å². The first-order valence-electron chi connectivity index (χ1n) is 7.62. The zero-order valence-electron chi connectivity index (χ0n) is 12.2. The van der Waals surface area contributed by atoms with Crippen LogP contribution in [0.2, 0.25) is 0 Å². The molecule has 1 fully saturated rings. The van der Waals surface area contributed by atoms with Gasteiger partial charge in [-0.05, 0) is 44.9 Å². The van der Waals surface area contributed by atoms with E-state index in [2.05, 4.69) is 28.7 Å². The summed E-state index contributed by atoms with van der Waals surface area (Å²) in [4.78, 5) is 4.68. The standard InChI is InChI=1S/C16H22FN3/c1-3-9-16(10-6-11-18-16)15-19-14-12(17)7-5-8-13(14)20(15)4-2/h5,7-8,18H,3-4,6,9-11H2,1-2H3. The molecule has 108 valence electrons. The van der Waals surface area contributed by atoms with E-state index in [1.165, 1.54) is 6.07 Å². The Morgan fingerprint density at radius 2 is 2.25 bits per heavy atom. The van der Waals surface area contributed by atoms with Gasteiger partial charge in [0.1, 0.15) is 11.3 Å². The number of nitrogens with one attached hydrogen (secondary N) is 1. The zero-order valence-corrected chi connectivity index (χ0v) is 12.2. The highest BCUT2D eigenvalue weighted by molar-refractivity contribution is 5.77. The van der Waals surface area contributed by atoms with Gasteiger partial charge in [-0.1, -0.05) is 19.4 Å². The van der Waals surface area contributed by atoms with Gasteiger partial charge in [-0.15, -0.1) is 0 Å². The first-order valence-corrected chi connectivity index (χ1v) is 7.62. The molecule has 0 spiro atoms. The third-order valence-corrected chi connectivity index (χ3v) is 4.39. The molecular weight excluding hydrogens is 253 g/mol. The lowest BCUT2D eigenvalue weighted by Gasteiger charge is -2.29. The second-order valence-electron chi connectivity index (χ2n) is 5.65. The van der Waals surface area contributed by atoms with E-state index in [1.807, 2.05) is 6.07 Å². The van der Waals surface area contributed by atoms with Gasteiger partial charge in [0.2, 0.25) is 0 Å².